The Bertz CT molecular complexity index is 959. The molecule has 0 aliphatic heterocycles. The van der Waals surface area contributed by atoms with E-state index in [0.717, 1.165) is 22.1 Å². The van der Waals surface area contributed by atoms with Gasteiger partial charge in [-0.15, -0.1) is 0 Å². The summed E-state index contributed by atoms with van der Waals surface area (Å²) in [4.78, 5) is 24.2. The lowest BCUT2D eigenvalue weighted by atomic mass is 10.1. The second kappa shape index (κ2) is 8.61. The van der Waals surface area contributed by atoms with Crippen molar-refractivity contribution >= 4 is 22.8 Å². The second-order valence-corrected chi connectivity index (χ2v) is 6.63. The molecule has 0 fully saturated rings. The minimum absolute atomic E-state index is 0.0389. The molecule has 0 bridgehead atoms. The fourth-order valence-electron chi connectivity index (χ4n) is 2.97. The molecule has 6 nitrogen and oxygen atoms in total. The van der Waals surface area contributed by atoms with E-state index in [1.165, 1.54) is 0 Å². The highest BCUT2D eigenvalue weighted by molar-refractivity contribution is 5.82. The molecule has 0 saturated heterocycles. The monoisotopic (exact) mass is 381 g/mol. The quantitative estimate of drug-likeness (QED) is 0.631. The van der Waals surface area contributed by atoms with E-state index < -0.39 is 11.9 Å². The zero-order valence-electron chi connectivity index (χ0n) is 16.2. The maximum Gasteiger partial charge on any atom is 0.310 e. The third kappa shape index (κ3) is 4.71. The molecule has 0 radical (unpaired) electrons. The summed E-state index contributed by atoms with van der Waals surface area (Å²) >= 11 is 0. The molecule has 0 aliphatic carbocycles. The van der Waals surface area contributed by atoms with Gasteiger partial charge in [0, 0.05) is 10.9 Å². The predicted molar refractivity (Wildman–Crippen MR) is 105 cm³/mol. The number of fused-ring (bicyclic) bond motifs is 1. The van der Waals surface area contributed by atoms with Crippen molar-refractivity contribution in [3.63, 3.8) is 0 Å². The van der Waals surface area contributed by atoms with E-state index in [4.69, 9.17) is 13.9 Å². The van der Waals surface area contributed by atoms with Gasteiger partial charge in [0.05, 0.1) is 19.6 Å². The Kier molecular flexibility index (Phi) is 5.99. The van der Waals surface area contributed by atoms with E-state index in [2.05, 4.69) is 5.32 Å². The van der Waals surface area contributed by atoms with E-state index in [1.807, 2.05) is 56.3 Å². The first-order valence-corrected chi connectivity index (χ1v) is 9.03. The highest BCUT2D eigenvalue weighted by Crippen LogP contribution is 2.23. The number of carbonyl (C=O) groups is 2. The number of amides is 1. The topological polar surface area (TPSA) is 77.8 Å². The standard InChI is InChI=1S/C22H23NO5/c1-14-8-9-18(26-3)17(10-14)12-22(25)27-13-21(24)23-15(2)20-11-16-6-4-5-7-19(16)28-20/h4-11,15H,12-13H2,1-3H3,(H,23,24)/t15-/m0/s1. The van der Waals surface area contributed by atoms with Crippen molar-refractivity contribution < 1.29 is 23.5 Å². The Morgan fingerprint density at radius 3 is 2.68 bits per heavy atom. The molecular formula is C22H23NO5. The molecule has 1 amide bonds. The fraction of sp³-hybridized carbons (Fsp3) is 0.273. The first kappa shape index (κ1) is 19.5. The molecule has 3 rings (SSSR count). The first-order chi connectivity index (χ1) is 13.5. The summed E-state index contributed by atoms with van der Waals surface area (Å²) in [7, 11) is 1.55. The Labute approximate surface area is 163 Å². The van der Waals surface area contributed by atoms with Crippen LogP contribution in [0.3, 0.4) is 0 Å². The maximum absolute atomic E-state index is 12.1. The minimum atomic E-state index is -0.490. The zero-order valence-corrected chi connectivity index (χ0v) is 16.2. The number of benzene rings is 2. The number of rotatable bonds is 7. The number of esters is 1. The second-order valence-electron chi connectivity index (χ2n) is 6.63. The third-order valence-corrected chi connectivity index (χ3v) is 4.38. The molecule has 28 heavy (non-hydrogen) atoms. The van der Waals surface area contributed by atoms with Crippen LogP contribution in [-0.4, -0.2) is 25.6 Å². The smallest absolute Gasteiger partial charge is 0.310 e. The molecule has 0 unspecified atom stereocenters. The van der Waals surface area contributed by atoms with Crippen molar-refractivity contribution in [3.8, 4) is 5.75 Å². The van der Waals surface area contributed by atoms with Crippen molar-refractivity contribution in [1.29, 1.82) is 0 Å². The van der Waals surface area contributed by atoms with Crippen LogP contribution in [0, 0.1) is 6.92 Å². The molecule has 3 aromatic rings. The van der Waals surface area contributed by atoms with E-state index in [9.17, 15) is 9.59 Å². The van der Waals surface area contributed by atoms with Gasteiger partial charge in [-0.25, -0.2) is 0 Å². The Morgan fingerprint density at radius 1 is 1.14 bits per heavy atom. The Morgan fingerprint density at radius 2 is 1.93 bits per heavy atom. The van der Waals surface area contributed by atoms with Gasteiger partial charge in [0.25, 0.3) is 5.91 Å². The van der Waals surface area contributed by atoms with Gasteiger partial charge in [-0.3, -0.25) is 9.59 Å². The van der Waals surface area contributed by atoms with Crippen molar-refractivity contribution in [3.05, 3.63) is 65.4 Å². The number of aryl methyl sites for hydroxylation is 1. The minimum Gasteiger partial charge on any atom is -0.496 e. The van der Waals surface area contributed by atoms with Crippen LogP contribution in [0.15, 0.2) is 52.9 Å². The normalized spacial score (nSPS) is 11.8. The predicted octanol–water partition coefficient (Wildman–Crippen LogP) is 3.71. The van der Waals surface area contributed by atoms with Crippen molar-refractivity contribution in [2.24, 2.45) is 0 Å². The van der Waals surface area contributed by atoms with Gasteiger partial charge in [-0.2, -0.15) is 0 Å². The molecular weight excluding hydrogens is 358 g/mol. The van der Waals surface area contributed by atoms with Crippen molar-refractivity contribution in [2.45, 2.75) is 26.3 Å². The highest BCUT2D eigenvalue weighted by atomic mass is 16.5. The summed E-state index contributed by atoms with van der Waals surface area (Å²) in [6.07, 6.45) is 0.0389. The molecule has 146 valence electrons. The first-order valence-electron chi connectivity index (χ1n) is 9.03. The third-order valence-electron chi connectivity index (χ3n) is 4.38. The van der Waals surface area contributed by atoms with Gasteiger partial charge in [-0.1, -0.05) is 35.9 Å². The average Bonchev–Trinajstić information content (AvgIpc) is 3.11. The van der Waals surface area contributed by atoms with Crippen LogP contribution in [0.25, 0.3) is 11.0 Å². The number of methoxy groups -OCH3 is 1. The van der Waals surface area contributed by atoms with Gasteiger partial charge in [0.2, 0.25) is 0 Å². The molecule has 1 heterocycles. The number of hydrogen-bond acceptors (Lipinski definition) is 5. The van der Waals surface area contributed by atoms with Crippen LogP contribution in [0.5, 0.6) is 5.75 Å². The van der Waals surface area contributed by atoms with Crippen LogP contribution in [-0.2, 0) is 20.7 Å². The number of furan rings is 1. The molecule has 0 saturated carbocycles. The van der Waals surface area contributed by atoms with Gasteiger partial charge < -0.3 is 19.2 Å². The lowest BCUT2D eigenvalue weighted by Crippen LogP contribution is -2.31. The molecule has 2 aromatic carbocycles. The molecule has 1 atom stereocenters. The highest BCUT2D eigenvalue weighted by Gasteiger charge is 2.16. The number of nitrogens with one attached hydrogen (secondary N) is 1. The van der Waals surface area contributed by atoms with E-state index >= 15 is 0 Å². The lowest BCUT2D eigenvalue weighted by Gasteiger charge is -2.12. The van der Waals surface area contributed by atoms with Crippen LogP contribution in [0.2, 0.25) is 0 Å². The molecule has 1 aromatic heterocycles. The molecule has 0 spiro atoms. The van der Waals surface area contributed by atoms with Crippen LogP contribution in [0.4, 0.5) is 0 Å². The van der Waals surface area contributed by atoms with Crippen LogP contribution >= 0.6 is 0 Å². The lowest BCUT2D eigenvalue weighted by molar-refractivity contribution is -0.148. The SMILES string of the molecule is COc1ccc(C)cc1CC(=O)OCC(=O)N[C@@H](C)c1cc2ccccc2o1. The summed E-state index contributed by atoms with van der Waals surface area (Å²) in [6.45, 7) is 3.40. The summed E-state index contributed by atoms with van der Waals surface area (Å²) in [6, 6.07) is 14.7. The van der Waals surface area contributed by atoms with E-state index in [1.54, 1.807) is 13.2 Å². The maximum atomic E-state index is 12.1. The van der Waals surface area contributed by atoms with Crippen molar-refractivity contribution in [1.82, 2.24) is 5.32 Å². The van der Waals surface area contributed by atoms with E-state index in [0.29, 0.717) is 11.5 Å². The van der Waals surface area contributed by atoms with Gasteiger partial charge in [-0.05, 0) is 32.0 Å². The molecule has 1 N–H and O–H groups in total. The van der Waals surface area contributed by atoms with E-state index in [-0.39, 0.29) is 19.1 Å². The summed E-state index contributed by atoms with van der Waals surface area (Å²) in [5.74, 6) is 0.379. The number of carbonyl (C=O) groups excluding carboxylic acids is 2. The Balaban J connectivity index is 1.52. The number of ether oxygens (including phenoxy) is 2. The summed E-state index contributed by atoms with van der Waals surface area (Å²) in [5.41, 5.74) is 2.50. The van der Waals surface area contributed by atoms with Crippen LogP contribution in [0.1, 0.15) is 29.9 Å². The average molecular weight is 381 g/mol. The van der Waals surface area contributed by atoms with Gasteiger partial charge in [0.15, 0.2) is 6.61 Å². The van der Waals surface area contributed by atoms with Gasteiger partial charge in [0.1, 0.15) is 17.1 Å². The molecule has 6 heteroatoms. The largest absolute Gasteiger partial charge is 0.496 e. The Hall–Kier alpha value is -3.28. The number of para-hydroxylation sites is 1. The molecule has 0 aliphatic rings. The summed E-state index contributed by atoms with van der Waals surface area (Å²) < 4.78 is 16.1. The fourth-order valence-corrected chi connectivity index (χ4v) is 2.97. The number of hydrogen-bond donors (Lipinski definition) is 1. The summed E-state index contributed by atoms with van der Waals surface area (Å²) in [5, 5.41) is 3.74. The zero-order chi connectivity index (χ0) is 20.1. The van der Waals surface area contributed by atoms with Crippen molar-refractivity contribution in [2.75, 3.05) is 13.7 Å². The van der Waals surface area contributed by atoms with Gasteiger partial charge >= 0.3 is 5.97 Å². The van der Waals surface area contributed by atoms with Crippen LogP contribution < -0.4 is 10.1 Å².